The Bertz CT molecular complexity index is 328. The molecule has 1 nitrogen and oxygen atoms in total. The lowest BCUT2D eigenvalue weighted by Gasteiger charge is -2.20. The van der Waals surface area contributed by atoms with Gasteiger partial charge in [-0.3, -0.25) is 0 Å². The highest BCUT2D eigenvalue weighted by molar-refractivity contribution is 9.10. The van der Waals surface area contributed by atoms with E-state index in [2.05, 4.69) is 60.2 Å². The number of aryl methyl sites for hydroxylation is 1. The van der Waals surface area contributed by atoms with Crippen molar-refractivity contribution in [1.29, 1.82) is 0 Å². The first-order valence-corrected chi connectivity index (χ1v) is 7.47. The van der Waals surface area contributed by atoms with E-state index >= 15 is 0 Å². The maximum Gasteiger partial charge on any atom is 0.0331 e. The molecule has 0 aliphatic carbocycles. The SMILES string of the molecule is CCCCC(NCCC)c1ccc(C)cc1Br. The second kappa shape index (κ2) is 7.88. The molecule has 1 rings (SSSR count). The Morgan fingerprint density at radius 1 is 1.24 bits per heavy atom. The zero-order valence-corrected chi connectivity index (χ0v) is 12.8. The van der Waals surface area contributed by atoms with Crippen molar-refractivity contribution in [3.05, 3.63) is 33.8 Å². The van der Waals surface area contributed by atoms with Gasteiger partial charge in [0.25, 0.3) is 0 Å². The number of unbranched alkanes of at least 4 members (excludes halogenated alkanes) is 1. The second-order valence-electron chi connectivity index (χ2n) is 4.67. The third kappa shape index (κ3) is 4.81. The van der Waals surface area contributed by atoms with Crippen molar-refractivity contribution < 1.29 is 0 Å². The quantitative estimate of drug-likeness (QED) is 0.748. The Balaban J connectivity index is 2.79. The van der Waals surface area contributed by atoms with Crippen molar-refractivity contribution in [3.8, 4) is 0 Å². The summed E-state index contributed by atoms with van der Waals surface area (Å²) in [5.41, 5.74) is 2.71. The minimum absolute atomic E-state index is 0.491. The molecule has 0 fully saturated rings. The molecule has 1 unspecified atom stereocenters. The van der Waals surface area contributed by atoms with E-state index in [1.54, 1.807) is 0 Å². The zero-order chi connectivity index (χ0) is 12.7. The summed E-state index contributed by atoms with van der Waals surface area (Å²) in [6.07, 6.45) is 4.94. The Morgan fingerprint density at radius 3 is 2.59 bits per heavy atom. The molecule has 2 heteroatoms. The van der Waals surface area contributed by atoms with Crippen LogP contribution in [0.1, 0.15) is 56.7 Å². The molecule has 0 amide bonds. The van der Waals surface area contributed by atoms with E-state index in [1.165, 1.54) is 41.3 Å². The van der Waals surface area contributed by atoms with Gasteiger partial charge >= 0.3 is 0 Å². The third-order valence-corrected chi connectivity index (χ3v) is 3.71. The van der Waals surface area contributed by atoms with E-state index in [9.17, 15) is 0 Å². The maximum absolute atomic E-state index is 3.69. The van der Waals surface area contributed by atoms with Crippen LogP contribution < -0.4 is 5.32 Å². The number of rotatable bonds is 7. The molecule has 0 saturated carbocycles. The van der Waals surface area contributed by atoms with E-state index in [0.29, 0.717) is 6.04 Å². The number of benzene rings is 1. The number of halogens is 1. The van der Waals surface area contributed by atoms with Gasteiger partial charge in [0.2, 0.25) is 0 Å². The molecule has 1 aromatic carbocycles. The van der Waals surface area contributed by atoms with Crippen LogP contribution in [0.4, 0.5) is 0 Å². The van der Waals surface area contributed by atoms with Crippen LogP contribution in [0, 0.1) is 6.92 Å². The standard InChI is InChI=1S/C15H24BrN/c1-4-6-7-15(17-10-5-2)13-9-8-12(3)11-14(13)16/h8-9,11,15,17H,4-7,10H2,1-3H3. The summed E-state index contributed by atoms with van der Waals surface area (Å²) in [6.45, 7) is 7.69. The molecule has 0 aromatic heterocycles. The van der Waals surface area contributed by atoms with Crippen LogP contribution in [-0.4, -0.2) is 6.54 Å². The summed E-state index contributed by atoms with van der Waals surface area (Å²) < 4.78 is 1.24. The number of hydrogen-bond acceptors (Lipinski definition) is 1. The third-order valence-electron chi connectivity index (χ3n) is 3.02. The van der Waals surface area contributed by atoms with Crippen LogP contribution in [0.5, 0.6) is 0 Å². The van der Waals surface area contributed by atoms with Gasteiger partial charge in [-0.15, -0.1) is 0 Å². The predicted octanol–water partition coefficient (Wildman–Crippen LogP) is 4.99. The van der Waals surface area contributed by atoms with Gasteiger partial charge in [-0.05, 0) is 43.5 Å². The van der Waals surface area contributed by atoms with Crippen LogP contribution in [-0.2, 0) is 0 Å². The topological polar surface area (TPSA) is 12.0 Å². The fourth-order valence-electron chi connectivity index (χ4n) is 2.01. The summed E-state index contributed by atoms with van der Waals surface area (Å²) in [7, 11) is 0. The lowest BCUT2D eigenvalue weighted by Crippen LogP contribution is -2.22. The fourth-order valence-corrected chi connectivity index (χ4v) is 2.78. The molecule has 0 radical (unpaired) electrons. The van der Waals surface area contributed by atoms with Crippen molar-refractivity contribution in [1.82, 2.24) is 5.32 Å². The highest BCUT2D eigenvalue weighted by Gasteiger charge is 2.13. The molecule has 0 spiro atoms. The van der Waals surface area contributed by atoms with Gasteiger partial charge in [-0.1, -0.05) is 54.8 Å². The molecule has 1 N–H and O–H groups in total. The lowest BCUT2D eigenvalue weighted by molar-refractivity contribution is 0.480. The van der Waals surface area contributed by atoms with Crippen LogP contribution in [0.15, 0.2) is 22.7 Å². The van der Waals surface area contributed by atoms with Gasteiger partial charge in [-0.2, -0.15) is 0 Å². The lowest BCUT2D eigenvalue weighted by atomic mass is 10.00. The minimum Gasteiger partial charge on any atom is -0.310 e. The Morgan fingerprint density at radius 2 is 2.00 bits per heavy atom. The van der Waals surface area contributed by atoms with Crippen molar-refractivity contribution in [2.45, 2.75) is 52.5 Å². The average Bonchev–Trinajstić information content (AvgIpc) is 2.30. The van der Waals surface area contributed by atoms with E-state index in [-0.39, 0.29) is 0 Å². The van der Waals surface area contributed by atoms with E-state index in [0.717, 1.165) is 6.54 Å². The van der Waals surface area contributed by atoms with Crippen LogP contribution in [0.2, 0.25) is 0 Å². The highest BCUT2D eigenvalue weighted by Crippen LogP contribution is 2.28. The Kier molecular flexibility index (Phi) is 6.83. The smallest absolute Gasteiger partial charge is 0.0331 e. The molecular formula is C15H24BrN. The minimum atomic E-state index is 0.491. The molecule has 0 heterocycles. The van der Waals surface area contributed by atoms with Crippen LogP contribution >= 0.6 is 15.9 Å². The van der Waals surface area contributed by atoms with Gasteiger partial charge in [0, 0.05) is 10.5 Å². The van der Waals surface area contributed by atoms with Crippen LogP contribution in [0.25, 0.3) is 0 Å². The fraction of sp³-hybridized carbons (Fsp3) is 0.600. The van der Waals surface area contributed by atoms with Gasteiger partial charge in [0.15, 0.2) is 0 Å². The van der Waals surface area contributed by atoms with Crippen molar-refractivity contribution in [3.63, 3.8) is 0 Å². The molecule has 0 aliphatic rings. The predicted molar refractivity (Wildman–Crippen MR) is 79.4 cm³/mol. The van der Waals surface area contributed by atoms with Crippen molar-refractivity contribution in [2.75, 3.05) is 6.54 Å². The van der Waals surface area contributed by atoms with Gasteiger partial charge < -0.3 is 5.32 Å². The van der Waals surface area contributed by atoms with Gasteiger partial charge in [0.05, 0.1) is 0 Å². The van der Waals surface area contributed by atoms with Crippen molar-refractivity contribution in [2.24, 2.45) is 0 Å². The second-order valence-corrected chi connectivity index (χ2v) is 5.53. The normalized spacial score (nSPS) is 12.7. The summed E-state index contributed by atoms with van der Waals surface area (Å²) in [6, 6.07) is 7.15. The van der Waals surface area contributed by atoms with Crippen molar-refractivity contribution >= 4 is 15.9 Å². The summed E-state index contributed by atoms with van der Waals surface area (Å²) >= 11 is 3.69. The molecule has 1 aromatic rings. The molecule has 17 heavy (non-hydrogen) atoms. The first-order chi connectivity index (χ1) is 8.19. The monoisotopic (exact) mass is 297 g/mol. The molecule has 1 atom stereocenters. The number of hydrogen-bond donors (Lipinski definition) is 1. The van der Waals surface area contributed by atoms with Gasteiger partial charge in [-0.25, -0.2) is 0 Å². The Labute approximate surface area is 114 Å². The summed E-state index contributed by atoms with van der Waals surface area (Å²) in [5, 5.41) is 3.65. The molecule has 0 aliphatic heterocycles. The van der Waals surface area contributed by atoms with E-state index in [1.807, 2.05) is 0 Å². The largest absolute Gasteiger partial charge is 0.310 e. The highest BCUT2D eigenvalue weighted by atomic mass is 79.9. The molecular weight excluding hydrogens is 274 g/mol. The first-order valence-electron chi connectivity index (χ1n) is 6.68. The zero-order valence-electron chi connectivity index (χ0n) is 11.2. The Hall–Kier alpha value is -0.340. The van der Waals surface area contributed by atoms with Crippen LogP contribution in [0.3, 0.4) is 0 Å². The molecule has 96 valence electrons. The molecule has 0 saturated heterocycles. The maximum atomic E-state index is 3.69. The van der Waals surface area contributed by atoms with Gasteiger partial charge in [0.1, 0.15) is 0 Å². The van der Waals surface area contributed by atoms with E-state index < -0.39 is 0 Å². The molecule has 0 bridgehead atoms. The summed E-state index contributed by atoms with van der Waals surface area (Å²) in [5.74, 6) is 0. The number of nitrogens with one attached hydrogen (secondary N) is 1. The first kappa shape index (κ1) is 14.7. The van der Waals surface area contributed by atoms with E-state index in [4.69, 9.17) is 0 Å². The average molecular weight is 298 g/mol. The summed E-state index contributed by atoms with van der Waals surface area (Å²) in [4.78, 5) is 0.